The third kappa shape index (κ3) is 20.5. The summed E-state index contributed by atoms with van der Waals surface area (Å²) in [5, 5.41) is 2.65. The topological polar surface area (TPSA) is 72.5 Å². The molecule has 0 rings (SSSR count). The first kappa shape index (κ1) is 33.3. The molecule has 0 radical (unpaired) electrons. The largest absolute Gasteiger partial charge is 1.00 e. The average Bonchev–Trinajstić information content (AvgIpc) is 2.67. The number of rotatable bonds is 21. The number of hydrogen-bond donors (Lipinski definition) is 1. The molecule has 1 N–H and O–H groups in total. The molecule has 0 aliphatic heterocycles. The molecule has 7 heteroatoms. The van der Waals surface area contributed by atoms with Gasteiger partial charge in [-0.1, -0.05) is 104 Å². The molecular weight excluding hydrogens is 421 g/mol. The molecule has 0 spiro atoms. The summed E-state index contributed by atoms with van der Waals surface area (Å²) in [6.45, 7) is 9.10. The summed E-state index contributed by atoms with van der Waals surface area (Å²) in [5.41, 5.74) is -1.21. The van der Waals surface area contributed by atoms with E-state index in [1.807, 2.05) is 0 Å². The molecule has 0 aliphatic carbocycles. The minimum absolute atomic E-state index is 0. The molecule has 31 heavy (non-hydrogen) atoms. The van der Waals surface area contributed by atoms with E-state index in [1.54, 1.807) is 13.8 Å². The van der Waals surface area contributed by atoms with Gasteiger partial charge in [0.1, 0.15) is 0 Å². The molecule has 0 aromatic rings. The van der Waals surface area contributed by atoms with Gasteiger partial charge >= 0.3 is 29.6 Å². The van der Waals surface area contributed by atoms with Crippen molar-refractivity contribution in [1.29, 1.82) is 0 Å². The van der Waals surface area contributed by atoms with E-state index in [-0.39, 0.29) is 36.7 Å². The molecule has 0 aliphatic rings. The molecule has 5 nitrogen and oxygen atoms in total. The SMILES string of the molecule is C=CC(=O)NC(C)(CCCCCCCCCCCCCCCC)OS(=O)(=O)CCC.[H-].[Na+]. The molecule has 1 unspecified atom stereocenters. The van der Waals surface area contributed by atoms with Gasteiger partial charge in [0.2, 0.25) is 5.91 Å². The van der Waals surface area contributed by atoms with Crippen molar-refractivity contribution >= 4 is 16.0 Å². The molecule has 0 saturated carbocycles. The van der Waals surface area contributed by atoms with Crippen LogP contribution in [0.3, 0.4) is 0 Å². The van der Waals surface area contributed by atoms with Gasteiger partial charge in [-0.15, -0.1) is 0 Å². The maximum Gasteiger partial charge on any atom is 1.00 e. The van der Waals surface area contributed by atoms with Crippen LogP contribution in [0.1, 0.15) is 125 Å². The van der Waals surface area contributed by atoms with Gasteiger partial charge in [-0.3, -0.25) is 4.79 Å². The van der Waals surface area contributed by atoms with Crippen molar-refractivity contribution < 1.29 is 48.4 Å². The van der Waals surface area contributed by atoms with Gasteiger partial charge in [-0.25, -0.2) is 4.18 Å². The number of amides is 1. The van der Waals surface area contributed by atoms with Crippen molar-refractivity contribution in [3.8, 4) is 0 Å². The van der Waals surface area contributed by atoms with Gasteiger partial charge in [-0.05, 0) is 32.3 Å². The van der Waals surface area contributed by atoms with Gasteiger partial charge in [0.05, 0.1) is 5.75 Å². The minimum atomic E-state index is -3.66. The van der Waals surface area contributed by atoms with Crippen molar-refractivity contribution in [2.75, 3.05) is 5.75 Å². The molecule has 0 bridgehead atoms. The van der Waals surface area contributed by atoms with E-state index in [2.05, 4.69) is 18.8 Å². The van der Waals surface area contributed by atoms with E-state index in [1.165, 1.54) is 70.6 Å². The molecule has 1 amide bonds. The third-order valence-corrected chi connectivity index (χ3v) is 6.88. The second kappa shape index (κ2) is 20.7. The van der Waals surface area contributed by atoms with Gasteiger partial charge in [0, 0.05) is 0 Å². The van der Waals surface area contributed by atoms with E-state index in [0.29, 0.717) is 12.8 Å². The Morgan fingerprint density at radius 3 is 1.68 bits per heavy atom. The summed E-state index contributed by atoms with van der Waals surface area (Å²) in [6.07, 6.45) is 19.7. The van der Waals surface area contributed by atoms with E-state index in [0.717, 1.165) is 25.3 Å². The predicted molar refractivity (Wildman–Crippen MR) is 128 cm³/mol. The summed E-state index contributed by atoms with van der Waals surface area (Å²) >= 11 is 0. The van der Waals surface area contributed by atoms with Crippen molar-refractivity contribution in [3.05, 3.63) is 12.7 Å². The van der Waals surface area contributed by atoms with Crippen LogP contribution < -0.4 is 34.9 Å². The first-order valence-electron chi connectivity index (χ1n) is 12.2. The van der Waals surface area contributed by atoms with E-state index >= 15 is 0 Å². The van der Waals surface area contributed by atoms with Crippen molar-refractivity contribution in [3.63, 3.8) is 0 Å². The van der Waals surface area contributed by atoms with Crippen LogP contribution in [0.15, 0.2) is 12.7 Å². The number of nitrogens with one attached hydrogen (secondary N) is 1. The zero-order valence-corrected chi connectivity index (χ0v) is 23.7. The van der Waals surface area contributed by atoms with Crippen LogP contribution in [0.25, 0.3) is 0 Å². The van der Waals surface area contributed by atoms with Crippen LogP contribution in [0.4, 0.5) is 0 Å². The zero-order valence-electron chi connectivity index (χ0n) is 21.8. The Bertz CT molecular complexity index is 560. The first-order valence-corrected chi connectivity index (χ1v) is 13.7. The quantitative estimate of drug-likeness (QED) is 0.0914. The Kier molecular flexibility index (Phi) is 22.2. The molecule has 0 aromatic heterocycles. The summed E-state index contributed by atoms with van der Waals surface area (Å²) in [6, 6.07) is 0. The van der Waals surface area contributed by atoms with Gasteiger partial charge in [0.15, 0.2) is 5.72 Å². The Labute approximate surface area is 216 Å². The van der Waals surface area contributed by atoms with Crippen LogP contribution in [0, 0.1) is 0 Å². The summed E-state index contributed by atoms with van der Waals surface area (Å²) in [4.78, 5) is 11.7. The fraction of sp³-hybridized carbons (Fsp3) is 0.875. The zero-order chi connectivity index (χ0) is 22.7. The maximum absolute atomic E-state index is 12.1. The summed E-state index contributed by atoms with van der Waals surface area (Å²) in [5.74, 6) is -0.472. The molecule has 1 atom stereocenters. The maximum atomic E-state index is 12.1. The fourth-order valence-electron chi connectivity index (χ4n) is 3.67. The Balaban J connectivity index is -0.00000420. The predicted octanol–water partition coefficient (Wildman–Crippen LogP) is 3.75. The Morgan fingerprint density at radius 1 is 0.871 bits per heavy atom. The normalized spacial score (nSPS) is 13.3. The second-order valence-corrected chi connectivity index (χ2v) is 10.3. The van der Waals surface area contributed by atoms with Gasteiger partial charge in [0.25, 0.3) is 10.1 Å². The van der Waals surface area contributed by atoms with Crippen molar-refractivity contribution in [2.24, 2.45) is 0 Å². The van der Waals surface area contributed by atoms with E-state index in [4.69, 9.17) is 4.18 Å². The summed E-state index contributed by atoms with van der Waals surface area (Å²) < 4.78 is 29.5. The second-order valence-electron chi connectivity index (χ2n) is 8.62. The Hall–Kier alpha value is 0.120. The molecule has 0 aromatic carbocycles. The molecule has 0 fully saturated rings. The smallest absolute Gasteiger partial charge is 1.00 e. The number of carbonyl (C=O) groups excluding carboxylic acids is 1. The minimum Gasteiger partial charge on any atom is -1.00 e. The van der Waals surface area contributed by atoms with E-state index < -0.39 is 21.8 Å². The third-order valence-electron chi connectivity index (χ3n) is 5.35. The number of hydrogen-bond acceptors (Lipinski definition) is 4. The fourth-order valence-corrected chi connectivity index (χ4v) is 4.93. The van der Waals surface area contributed by atoms with Crippen LogP contribution in [0.2, 0.25) is 0 Å². The van der Waals surface area contributed by atoms with Gasteiger partial charge < -0.3 is 6.74 Å². The number of carbonyl (C=O) groups is 1. The summed E-state index contributed by atoms with van der Waals surface area (Å²) in [7, 11) is -3.66. The Morgan fingerprint density at radius 2 is 1.29 bits per heavy atom. The number of unbranched alkanes of at least 4 members (excludes halogenated alkanes) is 13. The van der Waals surface area contributed by atoms with Crippen molar-refractivity contribution in [1.82, 2.24) is 5.32 Å². The monoisotopic (exact) mass is 469 g/mol. The van der Waals surface area contributed by atoms with Crippen LogP contribution in [0.5, 0.6) is 0 Å². The van der Waals surface area contributed by atoms with Gasteiger partial charge in [-0.2, -0.15) is 8.42 Å². The van der Waals surface area contributed by atoms with Crippen LogP contribution >= 0.6 is 0 Å². The molecule has 0 heterocycles. The standard InChI is InChI=1S/C24H47NO4S.Na.H/c1-5-8-9-10-11-12-13-14-15-16-17-18-19-20-21-24(4,25-23(26)7-3)29-30(27,28)22-6-2;;/h7H,3,5-6,8-22H2,1-2,4H3,(H,25,26);;/q;+1;-1. The van der Waals surface area contributed by atoms with E-state index in [9.17, 15) is 13.2 Å². The van der Waals surface area contributed by atoms with Crippen LogP contribution in [-0.4, -0.2) is 25.8 Å². The molecular formula is C24H48NNaO4S. The molecule has 180 valence electrons. The molecule has 0 saturated heterocycles. The first-order chi connectivity index (χ1) is 14.3. The average molecular weight is 470 g/mol. The van der Waals surface area contributed by atoms with Crippen molar-refractivity contribution in [2.45, 2.75) is 129 Å². The van der Waals surface area contributed by atoms with Crippen LogP contribution in [-0.2, 0) is 19.1 Å².